The fourth-order valence-electron chi connectivity index (χ4n) is 1.64. The zero-order chi connectivity index (χ0) is 8.39. The zero-order valence-corrected chi connectivity index (χ0v) is 6.83. The first-order valence-electron chi connectivity index (χ1n) is 4.24. The van der Waals surface area contributed by atoms with Crippen LogP contribution in [0.15, 0.2) is 18.5 Å². The van der Waals surface area contributed by atoms with Crippen molar-refractivity contribution in [3.05, 3.63) is 24.0 Å². The summed E-state index contributed by atoms with van der Waals surface area (Å²) < 4.78 is 0. The van der Waals surface area contributed by atoms with Gasteiger partial charge in [-0.3, -0.25) is 4.98 Å². The van der Waals surface area contributed by atoms with Gasteiger partial charge in [0.2, 0.25) is 0 Å². The van der Waals surface area contributed by atoms with Crippen LogP contribution in [0.1, 0.15) is 24.4 Å². The van der Waals surface area contributed by atoms with Crippen molar-refractivity contribution in [2.45, 2.75) is 18.9 Å². The Morgan fingerprint density at radius 2 is 2.50 bits per heavy atom. The van der Waals surface area contributed by atoms with Crippen molar-refractivity contribution < 1.29 is 5.11 Å². The molecule has 2 rings (SSSR count). The molecule has 1 saturated heterocycles. The molecule has 2 heterocycles. The molecule has 0 saturated carbocycles. The lowest BCUT2D eigenvalue weighted by Crippen LogP contribution is -2.12. The Morgan fingerprint density at radius 3 is 3.17 bits per heavy atom. The largest absolute Gasteiger partial charge is 0.506 e. The van der Waals surface area contributed by atoms with Crippen LogP contribution in [-0.4, -0.2) is 16.6 Å². The number of hydrogen-bond acceptors (Lipinski definition) is 3. The van der Waals surface area contributed by atoms with Crippen LogP contribution in [0.5, 0.6) is 5.75 Å². The summed E-state index contributed by atoms with van der Waals surface area (Å²) in [5, 5.41) is 12.8. The number of nitrogens with one attached hydrogen (secondary N) is 1. The molecule has 0 aromatic carbocycles. The average Bonchev–Trinajstić information content (AvgIpc) is 2.57. The van der Waals surface area contributed by atoms with E-state index in [4.69, 9.17) is 0 Å². The zero-order valence-electron chi connectivity index (χ0n) is 6.83. The quantitative estimate of drug-likeness (QED) is 0.655. The summed E-state index contributed by atoms with van der Waals surface area (Å²) in [7, 11) is 0. The number of rotatable bonds is 1. The predicted octanol–water partition coefficient (Wildman–Crippen LogP) is 1.21. The second kappa shape index (κ2) is 3.11. The maximum atomic E-state index is 9.47. The van der Waals surface area contributed by atoms with Crippen LogP contribution in [0.4, 0.5) is 0 Å². The molecule has 0 amide bonds. The van der Waals surface area contributed by atoms with Gasteiger partial charge in [0, 0.05) is 17.8 Å². The Labute approximate surface area is 71.4 Å². The first-order chi connectivity index (χ1) is 5.88. The van der Waals surface area contributed by atoms with Crippen molar-refractivity contribution in [2.75, 3.05) is 6.54 Å². The van der Waals surface area contributed by atoms with Gasteiger partial charge in [-0.15, -0.1) is 0 Å². The van der Waals surface area contributed by atoms with E-state index in [9.17, 15) is 5.11 Å². The molecule has 0 bridgehead atoms. The van der Waals surface area contributed by atoms with Crippen molar-refractivity contribution in [2.24, 2.45) is 0 Å². The van der Waals surface area contributed by atoms with Gasteiger partial charge in [0.25, 0.3) is 0 Å². The molecular formula is C9H12N2O. The highest BCUT2D eigenvalue weighted by atomic mass is 16.3. The number of pyridine rings is 1. The first-order valence-corrected chi connectivity index (χ1v) is 4.24. The Hall–Kier alpha value is -1.09. The van der Waals surface area contributed by atoms with Crippen molar-refractivity contribution in [1.29, 1.82) is 0 Å². The van der Waals surface area contributed by atoms with Crippen LogP contribution in [0.25, 0.3) is 0 Å². The van der Waals surface area contributed by atoms with E-state index in [2.05, 4.69) is 10.3 Å². The molecule has 0 radical (unpaired) electrons. The number of aromatic hydroxyl groups is 1. The van der Waals surface area contributed by atoms with E-state index in [1.165, 1.54) is 12.6 Å². The Kier molecular flexibility index (Phi) is 1.96. The van der Waals surface area contributed by atoms with Crippen molar-refractivity contribution in [3.63, 3.8) is 0 Å². The van der Waals surface area contributed by atoms with Crippen LogP contribution >= 0.6 is 0 Å². The summed E-state index contributed by atoms with van der Waals surface area (Å²) >= 11 is 0. The Balaban J connectivity index is 2.26. The van der Waals surface area contributed by atoms with Gasteiger partial charge in [-0.1, -0.05) is 0 Å². The number of nitrogens with zero attached hydrogens (tertiary/aromatic N) is 1. The van der Waals surface area contributed by atoms with Crippen molar-refractivity contribution in [1.82, 2.24) is 10.3 Å². The fourth-order valence-corrected chi connectivity index (χ4v) is 1.64. The van der Waals surface area contributed by atoms with Gasteiger partial charge in [0.15, 0.2) is 0 Å². The summed E-state index contributed by atoms with van der Waals surface area (Å²) in [6.45, 7) is 1.05. The third-order valence-corrected chi connectivity index (χ3v) is 2.27. The second-order valence-electron chi connectivity index (χ2n) is 3.08. The fraction of sp³-hybridized carbons (Fsp3) is 0.444. The summed E-state index contributed by atoms with van der Waals surface area (Å²) in [5.41, 5.74) is 0.975. The van der Waals surface area contributed by atoms with Gasteiger partial charge in [0.05, 0.1) is 6.20 Å². The highest BCUT2D eigenvalue weighted by molar-refractivity contribution is 5.31. The molecule has 0 unspecified atom stereocenters. The molecule has 0 spiro atoms. The van der Waals surface area contributed by atoms with Gasteiger partial charge in [-0.05, 0) is 25.5 Å². The van der Waals surface area contributed by atoms with E-state index < -0.39 is 0 Å². The van der Waals surface area contributed by atoms with E-state index in [1.54, 1.807) is 6.20 Å². The molecule has 1 aromatic rings. The minimum atomic E-state index is 0.303. The second-order valence-corrected chi connectivity index (χ2v) is 3.08. The standard InChI is InChI=1S/C9H12N2O/c12-9-6-10-5-3-7(9)8-2-1-4-11-8/h3,5-6,8,11-12H,1-2,4H2/t8-/m0/s1. The number of aromatic nitrogens is 1. The monoisotopic (exact) mass is 164 g/mol. The predicted molar refractivity (Wildman–Crippen MR) is 45.9 cm³/mol. The van der Waals surface area contributed by atoms with E-state index in [0.717, 1.165) is 18.5 Å². The summed E-state index contributed by atoms with van der Waals surface area (Å²) in [6.07, 6.45) is 5.51. The van der Waals surface area contributed by atoms with Crippen LogP contribution in [-0.2, 0) is 0 Å². The molecule has 1 aliphatic rings. The SMILES string of the molecule is Oc1cnccc1[C@@H]1CCCN1. The van der Waals surface area contributed by atoms with Crippen LogP contribution in [0.2, 0.25) is 0 Å². The summed E-state index contributed by atoms with van der Waals surface area (Å²) in [4.78, 5) is 3.84. The van der Waals surface area contributed by atoms with E-state index >= 15 is 0 Å². The summed E-state index contributed by atoms with van der Waals surface area (Å²) in [6, 6.07) is 2.20. The lowest BCUT2D eigenvalue weighted by Gasteiger charge is -2.10. The number of hydrogen-bond donors (Lipinski definition) is 2. The Bertz CT molecular complexity index is 269. The molecule has 0 aliphatic carbocycles. The lowest BCUT2D eigenvalue weighted by atomic mass is 10.1. The third-order valence-electron chi connectivity index (χ3n) is 2.27. The molecule has 2 N–H and O–H groups in total. The maximum absolute atomic E-state index is 9.47. The van der Waals surface area contributed by atoms with E-state index in [0.29, 0.717) is 11.8 Å². The molecule has 3 nitrogen and oxygen atoms in total. The molecular weight excluding hydrogens is 152 g/mol. The molecule has 1 aromatic heterocycles. The molecule has 3 heteroatoms. The molecule has 1 aliphatic heterocycles. The molecule has 1 atom stereocenters. The smallest absolute Gasteiger partial charge is 0.138 e. The van der Waals surface area contributed by atoms with Gasteiger partial charge in [-0.25, -0.2) is 0 Å². The minimum absolute atomic E-state index is 0.303. The van der Waals surface area contributed by atoms with Crippen LogP contribution in [0, 0.1) is 0 Å². The van der Waals surface area contributed by atoms with Gasteiger partial charge < -0.3 is 10.4 Å². The van der Waals surface area contributed by atoms with Gasteiger partial charge in [-0.2, -0.15) is 0 Å². The maximum Gasteiger partial charge on any atom is 0.138 e. The van der Waals surface area contributed by atoms with E-state index in [-0.39, 0.29) is 0 Å². The average molecular weight is 164 g/mol. The molecule has 12 heavy (non-hydrogen) atoms. The summed E-state index contributed by atoms with van der Waals surface area (Å²) in [5.74, 6) is 0.303. The molecule has 1 fully saturated rings. The first kappa shape index (κ1) is 7.55. The van der Waals surface area contributed by atoms with Crippen molar-refractivity contribution >= 4 is 0 Å². The van der Waals surface area contributed by atoms with Crippen molar-refractivity contribution in [3.8, 4) is 5.75 Å². The molecule has 64 valence electrons. The normalized spacial score (nSPS) is 22.8. The van der Waals surface area contributed by atoms with Gasteiger partial charge >= 0.3 is 0 Å². The minimum Gasteiger partial charge on any atom is -0.506 e. The van der Waals surface area contributed by atoms with Gasteiger partial charge in [0.1, 0.15) is 5.75 Å². The van der Waals surface area contributed by atoms with Crippen LogP contribution < -0.4 is 5.32 Å². The topological polar surface area (TPSA) is 45.2 Å². The highest BCUT2D eigenvalue weighted by Crippen LogP contribution is 2.28. The van der Waals surface area contributed by atoms with Crippen LogP contribution in [0.3, 0.4) is 0 Å². The third kappa shape index (κ3) is 1.28. The van der Waals surface area contributed by atoms with E-state index in [1.807, 2.05) is 6.07 Å². The Morgan fingerprint density at radius 1 is 1.58 bits per heavy atom. The lowest BCUT2D eigenvalue weighted by molar-refractivity contribution is 0.454. The highest BCUT2D eigenvalue weighted by Gasteiger charge is 2.18.